The highest BCUT2D eigenvalue weighted by molar-refractivity contribution is 5.56. The molecule has 5 rings (SSSR count). The molecule has 0 radical (unpaired) electrons. The molecule has 2 heterocycles. The lowest BCUT2D eigenvalue weighted by molar-refractivity contribution is 0.921. The molecule has 1 fully saturated rings. The van der Waals surface area contributed by atoms with Crippen LogP contribution in [0.4, 0.5) is 23.3 Å². The van der Waals surface area contributed by atoms with E-state index < -0.39 is 0 Å². The Kier molecular flexibility index (Phi) is 5.61. The van der Waals surface area contributed by atoms with Crippen molar-refractivity contribution in [3.63, 3.8) is 0 Å². The summed E-state index contributed by atoms with van der Waals surface area (Å²) < 4.78 is 0. The number of nitrogens with zero attached hydrogens (tertiary/aromatic N) is 5. The van der Waals surface area contributed by atoms with Crippen molar-refractivity contribution in [1.82, 2.24) is 19.9 Å². The molecule has 0 saturated heterocycles. The summed E-state index contributed by atoms with van der Waals surface area (Å²) in [5, 5.41) is 6.74. The molecule has 2 aromatic carbocycles. The smallest absolute Gasteiger partial charge is 0.231 e. The summed E-state index contributed by atoms with van der Waals surface area (Å²) in [6.45, 7) is 0.784. The standard InChI is InChI=1S/C25H25N7/c1-32(21-10-12-26-13-11-21)16-18-6-5-9-20(14-18)29-24-27-17-28-25(31-24)30-23-15-22(23)19-7-3-2-4-8-19/h2-14,17,22-23H,15-16H2,1H3,(H2,27,28,29,30,31). The summed E-state index contributed by atoms with van der Waals surface area (Å²) in [4.78, 5) is 19.4. The second-order valence-electron chi connectivity index (χ2n) is 8.02. The molecule has 2 atom stereocenters. The lowest BCUT2D eigenvalue weighted by Gasteiger charge is -2.19. The Morgan fingerprint density at radius 1 is 0.938 bits per heavy atom. The van der Waals surface area contributed by atoms with E-state index in [0.29, 0.717) is 23.9 Å². The molecular weight excluding hydrogens is 398 g/mol. The van der Waals surface area contributed by atoms with Crippen LogP contribution in [0.1, 0.15) is 23.5 Å². The highest BCUT2D eigenvalue weighted by atomic mass is 15.2. The lowest BCUT2D eigenvalue weighted by Crippen LogP contribution is -2.16. The predicted octanol–water partition coefficient (Wildman–Crippen LogP) is 4.61. The van der Waals surface area contributed by atoms with Crippen LogP contribution in [0.15, 0.2) is 85.5 Å². The van der Waals surface area contributed by atoms with Gasteiger partial charge in [0.05, 0.1) is 0 Å². The largest absolute Gasteiger partial charge is 0.370 e. The Hall–Kier alpha value is -4.00. The van der Waals surface area contributed by atoms with Gasteiger partial charge in [-0.15, -0.1) is 0 Å². The van der Waals surface area contributed by atoms with Crippen molar-refractivity contribution < 1.29 is 0 Å². The van der Waals surface area contributed by atoms with E-state index in [1.165, 1.54) is 11.1 Å². The minimum atomic E-state index is 0.361. The Bertz CT molecular complexity index is 1170. The van der Waals surface area contributed by atoms with Crippen LogP contribution < -0.4 is 15.5 Å². The van der Waals surface area contributed by atoms with E-state index >= 15 is 0 Å². The Labute approximate surface area is 187 Å². The molecule has 2 aromatic heterocycles. The van der Waals surface area contributed by atoms with Gasteiger partial charge >= 0.3 is 0 Å². The zero-order chi connectivity index (χ0) is 21.8. The first kappa shape index (κ1) is 19.9. The molecule has 1 aliphatic carbocycles. The van der Waals surface area contributed by atoms with E-state index in [0.717, 1.165) is 24.3 Å². The summed E-state index contributed by atoms with van der Waals surface area (Å²) in [6, 6.07) is 23.2. The fourth-order valence-electron chi connectivity index (χ4n) is 3.86. The van der Waals surface area contributed by atoms with Crippen LogP contribution in [0, 0.1) is 0 Å². The van der Waals surface area contributed by atoms with Crippen molar-refractivity contribution in [2.24, 2.45) is 0 Å². The highest BCUT2D eigenvalue weighted by Crippen LogP contribution is 2.42. The fraction of sp³-hybridized carbons (Fsp3) is 0.200. The number of anilines is 4. The Balaban J connectivity index is 1.22. The van der Waals surface area contributed by atoms with Crippen molar-refractivity contribution in [3.8, 4) is 0 Å². The molecule has 32 heavy (non-hydrogen) atoms. The summed E-state index contributed by atoms with van der Waals surface area (Å²) in [5.41, 5.74) is 4.60. The quantitative estimate of drug-likeness (QED) is 0.428. The molecule has 160 valence electrons. The van der Waals surface area contributed by atoms with Crippen LogP contribution in [0.5, 0.6) is 0 Å². The molecule has 1 saturated carbocycles. The van der Waals surface area contributed by atoms with Crippen molar-refractivity contribution in [2.45, 2.75) is 24.9 Å². The second kappa shape index (κ2) is 9.01. The van der Waals surface area contributed by atoms with E-state index in [1.54, 1.807) is 18.7 Å². The van der Waals surface area contributed by atoms with Gasteiger partial charge in [0.1, 0.15) is 6.33 Å². The van der Waals surface area contributed by atoms with Gasteiger partial charge in [0.25, 0.3) is 0 Å². The Morgan fingerprint density at radius 3 is 2.59 bits per heavy atom. The van der Waals surface area contributed by atoms with Crippen LogP contribution in [-0.2, 0) is 6.54 Å². The molecule has 0 spiro atoms. The SMILES string of the molecule is CN(Cc1cccc(Nc2ncnc(NC3CC3c3ccccc3)n2)c1)c1ccncc1. The minimum Gasteiger partial charge on any atom is -0.370 e. The van der Waals surface area contributed by atoms with Gasteiger partial charge in [-0.1, -0.05) is 42.5 Å². The number of hydrogen-bond acceptors (Lipinski definition) is 7. The normalized spacial score (nSPS) is 16.9. The third kappa shape index (κ3) is 4.83. The van der Waals surface area contributed by atoms with Crippen LogP contribution in [-0.4, -0.2) is 33.0 Å². The summed E-state index contributed by atoms with van der Waals surface area (Å²) in [6.07, 6.45) is 6.24. The molecule has 2 unspecified atom stereocenters. The average molecular weight is 424 g/mol. The van der Waals surface area contributed by atoms with Gasteiger partial charge in [-0.05, 0) is 41.8 Å². The number of benzene rings is 2. The summed E-state index contributed by atoms with van der Waals surface area (Å²) in [5.74, 6) is 1.64. The maximum atomic E-state index is 4.55. The van der Waals surface area contributed by atoms with Crippen molar-refractivity contribution in [3.05, 3.63) is 96.6 Å². The second-order valence-corrected chi connectivity index (χ2v) is 8.02. The molecule has 1 aliphatic rings. The molecular formula is C25H25N7. The van der Waals surface area contributed by atoms with Gasteiger partial charge in [-0.3, -0.25) is 4.98 Å². The molecule has 0 bridgehead atoms. The monoisotopic (exact) mass is 423 g/mol. The van der Waals surface area contributed by atoms with Crippen LogP contribution in [0.25, 0.3) is 0 Å². The number of nitrogens with one attached hydrogen (secondary N) is 2. The third-order valence-corrected chi connectivity index (χ3v) is 5.61. The van der Waals surface area contributed by atoms with Crippen LogP contribution in [0.2, 0.25) is 0 Å². The topological polar surface area (TPSA) is 78.9 Å². The molecule has 7 heteroatoms. The van der Waals surface area contributed by atoms with E-state index in [-0.39, 0.29) is 0 Å². The van der Waals surface area contributed by atoms with Gasteiger partial charge in [0, 0.05) is 49.3 Å². The van der Waals surface area contributed by atoms with Crippen molar-refractivity contribution in [1.29, 1.82) is 0 Å². The number of pyridine rings is 1. The first-order chi connectivity index (χ1) is 15.7. The van der Waals surface area contributed by atoms with E-state index in [2.05, 4.69) is 78.9 Å². The maximum Gasteiger partial charge on any atom is 0.231 e. The summed E-state index contributed by atoms with van der Waals surface area (Å²) in [7, 11) is 2.07. The van der Waals surface area contributed by atoms with Crippen molar-refractivity contribution >= 4 is 23.3 Å². The molecule has 0 amide bonds. The zero-order valence-electron chi connectivity index (χ0n) is 17.9. The molecule has 7 nitrogen and oxygen atoms in total. The number of aromatic nitrogens is 4. The van der Waals surface area contributed by atoms with E-state index in [1.807, 2.05) is 30.3 Å². The maximum absolute atomic E-state index is 4.55. The van der Waals surface area contributed by atoms with Crippen LogP contribution >= 0.6 is 0 Å². The molecule has 2 N–H and O–H groups in total. The Morgan fingerprint density at radius 2 is 1.75 bits per heavy atom. The molecule has 0 aliphatic heterocycles. The number of rotatable bonds is 8. The van der Waals surface area contributed by atoms with Crippen molar-refractivity contribution in [2.75, 3.05) is 22.6 Å². The predicted molar refractivity (Wildman–Crippen MR) is 127 cm³/mol. The lowest BCUT2D eigenvalue weighted by atomic mass is 10.1. The van der Waals surface area contributed by atoms with Gasteiger partial charge in [0.15, 0.2) is 0 Å². The van der Waals surface area contributed by atoms with Gasteiger partial charge in [-0.2, -0.15) is 4.98 Å². The third-order valence-electron chi connectivity index (χ3n) is 5.61. The van der Waals surface area contributed by atoms with E-state index in [4.69, 9.17) is 0 Å². The highest BCUT2D eigenvalue weighted by Gasteiger charge is 2.38. The first-order valence-electron chi connectivity index (χ1n) is 10.7. The zero-order valence-corrected chi connectivity index (χ0v) is 17.9. The van der Waals surface area contributed by atoms with Gasteiger partial charge < -0.3 is 15.5 Å². The number of hydrogen-bond donors (Lipinski definition) is 2. The van der Waals surface area contributed by atoms with Crippen LogP contribution in [0.3, 0.4) is 0 Å². The molecule has 4 aromatic rings. The van der Waals surface area contributed by atoms with Gasteiger partial charge in [-0.25, -0.2) is 9.97 Å². The first-order valence-corrected chi connectivity index (χ1v) is 10.7. The van der Waals surface area contributed by atoms with E-state index in [9.17, 15) is 0 Å². The van der Waals surface area contributed by atoms with Gasteiger partial charge in [0.2, 0.25) is 11.9 Å². The fourth-order valence-corrected chi connectivity index (χ4v) is 3.86. The average Bonchev–Trinajstić information content (AvgIpc) is 3.60. The minimum absolute atomic E-state index is 0.361. The summed E-state index contributed by atoms with van der Waals surface area (Å²) >= 11 is 0.